The van der Waals surface area contributed by atoms with Gasteiger partial charge < -0.3 is 14.2 Å². The van der Waals surface area contributed by atoms with Gasteiger partial charge in [0.2, 0.25) is 0 Å². The third-order valence-electron chi connectivity index (χ3n) is 5.31. The molecule has 2 aromatic carbocycles. The normalized spacial score (nSPS) is 12.4. The summed E-state index contributed by atoms with van der Waals surface area (Å²) in [6, 6.07) is 12.5. The summed E-state index contributed by atoms with van der Waals surface area (Å²) in [6.07, 6.45) is 0.0327. The largest absolute Gasteiger partial charge is 0.573 e. The second-order valence-corrected chi connectivity index (χ2v) is 9.48. The molecule has 0 bridgehead atoms. The first-order valence-electron chi connectivity index (χ1n) is 11.5. The lowest BCUT2D eigenvalue weighted by molar-refractivity contribution is -0.274. The molecule has 0 radical (unpaired) electrons. The van der Waals surface area contributed by atoms with Crippen molar-refractivity contribution in [3.05, 3.63) is 60.7 Å². The van der Waals surface area contributed by atoms with Gasteiger partial charge in [-0.3, -0.25) is 0 Å². The molecule has 1 heterocycles. The van der Waals surface area contributed by atoms with Gasteiger partial charge in [0.05, 0.1) is 13.2 Å². The highest BCUT2D eigenvalue weighted by atomic mass is 32.1. The Bertz CT molecular complexity index is 1150. The minimum Gasteiger partial charge on any atom is -0.493 e. The number of ether oxygens (including phenoxy) is 3. The van der Waals surface area contributed by atoms with E-state index in [1.54, 1.807) is 6.07 Å². The number of hydrogen-bond acceptors (Lipinski definition) is 5. The van der Waals surface area contributed by atoms with Gasteiger partial charge in [-0.1, -0.05) is 39.3 Å². The van der Waals surface area contributed by atoms with Crippen molar-refractivity contribution in [2.24, 2.45) is 5.92 Å². The molecule has 0 fully saturated rings. The molecule has 1 atom stereocenters. The van der Waals surface area contributed by atoms with E-state index in [0.29, 0.717) is 29.2 Å². The molecule has 0 aliphatic heterocycles. The van der Waals surface area contributed by atoms with Crippen LogP contribution in [0.25, 0.3) is 20.5 Å². The van der Waals surface area contributed by atoms with Crippen molar-refractivity contribution in [2.75, 3.05) is 13.2 Å². The van der Waals surface area contributed by atoms with Crippen LogP contribution in [0.15, 0.2) is 55.1 Å². The molecule has 1 unspecified atom stereocenters. The number of halogens is 3. The molecule has 35 heavy (non-hydrogen) atoms. The summed E-state index contributed by atoms with van der Waals surface area (Å²) in [5.41, 5.74) is 1.23. The van der Waals surface area contributed by atoms with Crippen molar-refractivity contribution in [1.29, 1.82) is 0 Å². The molecule has 3 aromatic rings. The minimum absolute atomic E-state index is 0.0218. The first-order chi connectivity index (χ1) is 16.7. The summed E-state index contributed by atoms with van der Waals surface area (Å²) in [7, 11) is 0. The number of thiophene rings is 1. The molecular formula is C27H29F3O4S. The smallest absolute Gasteiger partial charge is 0.493 e. The molecule has 188 valence electrons. The van der Waals surface area contributed by atoms with Crippen molar-refractivity contribution in [1.82, 2.24) is 0 Å². The maximum absolute atomic E-state index is 13.1. The average Bonchev–Trinajstić information content (AvgIpc) is 3.23. The van der Waals surface area contributed by atoms with E-state index in [9.17, 15) is 18.0 Å². The van der Waals surface area contributed by atoms with E-state index in [1.165, 1.54) is 17.4 Å². The van der Waals surface area contributed by atoms with E-state index in [-0.39, 0.29) is 18.3 Å². The van der Waals surface area contributed by atoms with Gasteiger partial charge in [0.15, 0.2) is 0 Å². The molecule has 0 spiro atoms. The monoisotopic (exact) mass is 506 g/mol. The predicted octanol–water partition coefficient (Wildman–Crippen LogP) is 7.94. The fourth-order valence-electron chi connectivity index (χ4n) is 3.52. The number of carbonyl (C=O) groups is 1. The summed E-state index contributed by atoms with van der Waals surface area (Å²) in [6.45, 7) is 7.90. The fourth-order valence-corrected chi connectivity index (χ4v) is 4.64. The molecule has 1 aromatic heterocycles. The Hall–Kier alpha value is -3.00. The quantitative estimate of drug-likeness (QED) is 0.142. The van der Waals surface area contributed by atoms with Gasteiger partial charge in [-0.25, -0.2) is 4.79 Å². The van der Waals surface area contributed by atoms with Crippen LogP contribution < -0.4 is 9.47 Å². The van der Waals surface area contributed by atoms with Gasteiger partial charge in [-0.2, -0.15) is 0 Å². The molecule has 0 amide bonds. The highest BCUT2D eigenvalue weighted by Crippen LogP contribution is 2.41. The van der Waals surface area contributed by atoms with Crippen molar-refractivity contribution >= 4 is 27.4 Å². The maximum Gasteiger partial charge on any atom is 0.573 e. The predicted molar refractivity (Wildman–Crippen MR) is 133 cm³/mol. The summed E-state index contributed by atoms with van der Waals surface area (Å²) < 4.78 is 55.5. The van der Waals surface area contributed by atoms with Gasteiger partial charge in [-0.15, -0.1) is 24.5 Å². The Labute approximate surface area is 207 Å². The van der Waals surface area contributed by atoms with E-state index >= 15 is 0 Å². The SMILES string of the molecule is C=CC(=O)OCC(C)COc1ccc2cc(-c3ccc(CCCCC)cc3OC(F)(F)F)sc2c1. The van der Waals surface area contributed by atoms with Gasteiger partial charge in [0.1, 0.15) is 11.5 Å². The molecule has 0 N–H and O–H groups in total. The number of esters is 1. The maximum atomic E-state index is 13.1. The van der Waals surface area contributed by atoms with Crippen molar-refractivity contribution in [3.8, 4) is 21.9 Å². The Morgan fingerprint density at radius 3 is 2.63 bits per heavy atom. The van der Waals surface area contributed by atoms with Crippen LogP contribution in [0, 0.1) is 5.92 Å². The molecule has 0 saturated carbocycles. The number of unbranched alkanes of at least 4 members (excludes halogenated alkanes) is 2. The second-order valence-electron chi connectivity index (χ2n) is 8.40. The Balaban J connectivity index is 1.78. The minimum atomic E-state index is -4.77. The number of rotatable bonds is 12. The molecule has 0 aliphatic rings. The summed E-state index contributed by atoms with van der Waals surface area (Å²) in [5.74, 6) is -0.0538. The molecular weight excluding hydrogens is 477 g/mol. The third kappa shape index (κ3) is 8.02. The molecule has 3 rings (SSSR count). The fraction of sp³-hybridized carbons (Fsp3) is 0.370. The molecule has 4 nitrogen and oxygen atoms in total. The lowest BCUT2D eigenvalue weighted by Crippen LogP contribution is -2.17. The molecule has 0 aliphatic carbocycles. The number of hydrogen-bond donors (Lipinski definition) is 0. The van der Waals surface area contributed by atoms with Gasteiger partial charge in [0, 0.05) is 27.1 Å². The van der Waals surface area contributed by atoms with Crippen molar-refractivity contribution in [2.45, 2.75) is 45.9 Å². The van der Waals surface area contributed by atoms with Crippen LogP contribution in [0.3, 0.4) is 0 Å². The number of carbonyl (C=O) groups excluding carboxylic acids is 1. The van der Waals surface area contributed by atoms with Crippen LogP contribution in [0.4, 0.5) is 13.2 Å². The topological polar surface area (TPSA) is 44.8 Å². The third-order valence-corrected chi connectivity index (χ3v) is 6.44. The van der Waals surface area contributed by atoms with Crippen molar-refractivity contribution in [3.63, 3.8) is 0 Å². The molecule has 8 heteroatoms. The number of aryl methyl sites for hydroxylation is 1. The van der Waals surface area contributed by atoms with Crippen LogP contribution in [0.1, 0.15) is 38.7 Å². The summed E-state index contributed by atoms with van der Waals surface area (Å²) in [5, 5.41) is 0.898. The van der Waals surface area contributed by atoms with E-state index in [4.69, 9.17) is 9.47 Å². The Morgan fingerprint density at radius 2 is 1.91 bits per heavy atom. The summed E-state index contributed by atoms with van der Waals surface area (Å²) >= 11 is 1.38. The lowest BCUT2D eigenvalue weighted by Gasteiger charge is -2.14. The lowest BCUT2D eigenvalue weighted by atomic mass is 10.0. The highest BCUT2D eigenvalue weighted by Gasteiger charge is 2.32. The first kappa shape index (κ1) is 26.6. The number of benzene rings is 2. The number of fused-ring (bicyclic) bond motifs is 1. The standard InChI is InChI=1S/C27H29F3O4S/c1-4-6-7-8-19-9-12-22(23(13-19)34-27(28,29)30)25-14-20-10-11-21(15-24(20)35-25)32-16-18(3)17-33-26(31)5-2/h5,9-15,18H,2,4,6-8,16-17H2,1,3H3. The zero-order valence-corrected chi connectivity index (χ0v) is 20.6. The second kappa shape index (κ2) is 12.1. The Morgan fingerprint density at radius 1 is 1.11 bits per heavy atom. The van der Waals surface area contributed by atoms with Crippen LogP contribution in [-0.4, -0.2) is 25.5 Å². The zero-order valence-electron chi connectivity index (χ0n) is 19.8. The van der Waals surface area contributed by atoms with E-state index < -0.39 is 12.3 Å². The van der Waals surface area contributed by atoms with Crippen LogP contribution in [0.2, 0.25) is 0 Å². The van der Waals surface area contributed by atoms with Gasteiger partial charge >= 0.3 is 12.3 Å². The molecule has 0 saturated heterocycles. The van der Waals surface area contributed by atoms with Gasteiger partial charge in [-0.05, 0) is 60.2 Å². The van der Waals surface area contributed by atoms with Crippen LogP contribution >= 0.6 is 11.3 Å². The Kier molecular flexibility index (Phi) is 9.20. The average molecular weight is 507 g/mol. The van der Waals surface area contributed by atoms with Crippen molar-refractivity contribution < 1.29 is 32.2 Å². The van der Waals surface area contributed by atoms with E-state index in [2.05, 4.69) is 18.2 Å². The van der Waals surface area contributed by atoms with E-state index in [0.717, 1.165) is 41.0 Å². The zero-order chi connectivity index (χ0) is 25.4. The highest BCUT2D eigenvalue weighted by molar-refractivity contribution is 7.22. The van der Waals surface area contributed by atoms with E-state index in [1.807, 2.05) is 37.3 Å². The van der Waals surface area contributed by atoms with Crippen LogP contribution in [-0.2, 0) is 16.0 Å². The first-order valence-corrected chi connectivity index (χ1v) is 12.3. The van der Waals surface area contributed by atoms with Gasteiger partial charge in [0.25, 0.3) is 0 Å². The van der Waals surface area contributed by atoms with Crippen LogP contribution in [0.5, 0.6) is 11.5 Å². The number of alkyl halides is 3. The summed E-state index contributed by atoms with van der Waals surface area (Å²) in [4.78, 5) is 11.9.